The van der Waals surface area contributed by atoms with Gasteiger partial charge in [0.15, 0.2) is 0 Å². The van der Waals surface area contributed by atoms with E-state index in [2.05, 4.69) is 10.4 Å². The van der Waals surface area contributed by atoms with Crippen LogP contribution in [0.15, 0.2) is 46.5 Å². The van der Waals surface area contributed by atoms with Gasteiger partial charge in [0.1, 0.15) is 5.58 Å². The summed E-state index contributed by atoms with van der Waals surface area (Å²) < 4.78 is 5.54. The van der Waals surface area contributed by atoms with Crippen LogP contribution in [0.4, 0.5) is 0 Å². The molecule has 1 unspecified atom stereocenters. The number of hydrazine groups is 1. The van der Waals surface area contributed by atoms with Crippen molar-refractivity contribution in [3.8, 4) is 0 Å². The topological polar surface area (TPSA) is 64.1 Å². The Morgan fingerprint density at radius 3 is 3.06 bits per heavy atom. The predicted molar refractivity (Wildman–Crippen MR) is 72.1 cm³/mol. The van der Waals surface area contributed by atoms with Crippen LogP contribution in [-0.2, 0) is 6.42 Å². The molecule has 2 aromatic heterocycles. The summed E-state index contributed by atoms with van der Waals surface area (Å²) in [5.41, 5.74) is 4.80. The molecule has 1 aromatic carbocycles. The van der Waals surface area contributed by atoms with Crippen LogP contribution in [0.5, 0.6) is 0 Å². The van der Waals surface area contributed by atoms with Gasteiger partial charge in [-0.05, 0) is 6.07 Å². The molecule has 0 fully saturated rings. The molecule has 3 N–H and O–H groups in total. The molecule has 1 atom stereocenters. The Morgan fingerprint density at radius 2 is 2.28 bits per heavy atom. The summed E-state index contributed by atoms with van der Waals surface area (Å²) in [5, 5.41) is 4.12. The number of benzene rings is 1. The number of para-hydroxylation sites is 1. The number of nitrogens with one attached hydrogen (secondary N) is 1. The summed E-state index contributed by atoms with van der Waals surface area (Å²) in [6.45, 7) is 0. The monoisotopic (exact) mass is 259 g/mol. The number of aromatic nitrogens is 1. The molecule has 4 nitrogen and oxygen atoms in total. The Morgan fingerprint density at radius 1 is 1.39 bits per heavy atom. The van der Waals surface area contributed by atoms with Crippen LogP contribution in [0.25, 0.3) is 11.0 Å². The Kier molecular flexibility index (Phi) is 3.10. The maximum atomic E-state index is 5.66. The minimum atomic E-state index is 0.0137. The van der Waals surface area contributed by atoms with Crippen LogP contribution in [0.3, 0.4) is 0 Å². The number of hydrogen-bond donors (Lipinski definition) is 2. The van der Waals surface area contributed by atoms with Gasteiger partial charge < -0.3 is 4.42 Å². The Hall–Kier alpha value is -1.69. The van der Waals surface area contributed by atoms with E-state index in [1.54, 1.807) is 23.8 Å². The highest BCUT2D eigenvalue weighted by atomic mass is 32.1. The zero-order chi connectivity index (χ0) is 12.4. The van der Waals surface area contributed by atoms with Crippen molar-refractivity contribution in [1.29, 1.82) is 0 Å². The number of nitrogens with two attached hydrogens (primary N) is 1. The maximum absolute atomic E-state index is 5.66. The van der Waals surface area contributed by atoms with Gasteiger partial charge in [0.2, 0.25) is 0 Å². The lowest BCUT2D eigenvalue weighted by molar-refractivity contribution is 0.536. The number of furan rings is 1. The maximum Gasteiger partial charge on any atom is 0.134 e. The standard InChI is InChI=1S/C13H13N3OS/c14-16-11(7-13-15-5-6-18-13)10-8-17-12-4-2-1-3-9(10)12/h1-6,8,11,16H,7,14H2. The van der Waals surface area contributed by atoms with Gasteiger partial charge in [-0.15, -0.1) is 11.3 Å². The molecule has 0 aliphatic rings. The van der Waals surface area contributed by atoms with Crippen LogP contribution < -0.4 is 11.3 Å². The lowest BCUT2D eigenvalue weighted by Crippen LogP contribution is -2.29. The van der Waals surface area contributed by atoms with E-state index in [1.807, 2.05) is 29.6 Å². The fourth-order valence-corrected chi connectivity index (χ4v) is 2.72. The molecule has 2 heterocycles. The second kappa shape index (κ2) is 4.89. The van der Waals surface area contributed by atoms with Crippen LogP contribution in [0.2, 0.25) is 0 Å². The molecule has 0 radical (unpaired) electrons. The fourth-order valence-electron chi connectivity index (χ4n) is 2.06. The Labute approximate surface area is 108 Å². The number of hydrogen-bond acceptors (Lipinski definition) is 5. The van der Waals surface area contributed by atoms with E-state index in [9.17, 15) is 0 Å². The third-order valence-corrected chi connectivity index (χ3v) is 3.75. The van der Waals surface area contributed by atoms with E-state index in [0.717, 1.165) is 28.0 Å². The fraction of sp³-hybridized carbons (Fsp3) is 0.154. The van der Waals surface area contributed by atoms with Crippen molar-refractivity contribution >= 4 is 22.3 Å². The molecule has 0 aliphatic carbocycles. The van der Waals surface area contributed by atoms with Gasteiger partial charge in [-0.2, -0.15) is 0 Å². The van der Waals surface area contributed by atoms with Gasteiger partial charge in [0.25, 0.3) is 0 Å². The minimum Gasteiger partial charge on any atom is -0.464 e. The lowest BCUT2D eigenvalue weighted by Gasteiger charge is -2.12. The average molecular weight is 259 g/mol. The van der Waals surface area contributed by atoms with Crippen molar-refractivity contribution in [1.82, 2.24) is 10.4 Å². The second-order valence-electron chi connectivity index (χ2n) is 4.04. The quantitative estimate of drug-likeness (QED) is 0.558. The van der Waals surface area contributed by atoms with Crippen LogP contribution in [-0.4, -0.2) is 4.98 Å². The van der Waals surface area contributed by atoms with Gasteiger partial charge >= 0.3 is 0 Å². The first-order valence-electron chi connectivity index (χ1n) is 5.69. The molecular weight excluding hydrogens is 246 g/mol. The highest BCUT2D eigenvalue weighted by molar-refractivity contribution is 7.09. The molecule has 0 spiro atoms. The predicted octanol–water partition coefficient (Wildman–Crippen LogP) is 2.64. The van der Waals surface area contributed by atoms with Gasteiger partial charge in [0.05, 0.1) is 17.3 Å². The van der Waals surface area contributed by atoms with E-state index >= 15 is 0 Å². The molecule has 18 heavy (non-hydrogen) atoms. The molecule has 3 aromatic rings. The normalized spacial score (nSPS) is 12.9. The highest BCUT2D eigenvalue weighted by Crippen LogP contribution is 2.28. The molecule has 0 saturated carbocycles. The molecular formula is C13H13N3OS. The van der Waals surface area contributed by atoms with Crippen molar-refractivity contribution in [3.05, 3.63) is 52.7 Å². The van der Waals surface area contributed by atoms with Gasteiger partial charge in [-0.3, -0.25) is 11.3 Å². The molecule has 0 amide bonds. The highest BCUT2D eigenvalue weighted by Gasteiger charge is 2.17. The molecule has 0 bridgehead atoms. The molecule has 92 valence electrons. The number of fused-ring (bicyclic) bond motifs is 1. The van der Waals surface area contributed by atoms with Gasteiger partial charge in [-0.25, -0.2) is 4.98 Å². The van der Waals surface area contributed by atoms with E-state index in [1.165, 1.54) is 0 Å². The lowest BCUT2D eigenvalue weighted by atomic mass is 10.0. The van der Waals surface area contributed by atoms with Crippen LogP contribution in [0, 0.1) is 0 Å². The molecule has 0 saturated heterocycles. The summed E-state index contributed by atoms with van der Waals surface area (Å²) in [6.07, 6.45) is 4.33. The van der Waals surface area contributed by atoms with Crippen molar-refractivity contribution in [2.24, 2.45) is 5.84 Å². The molecule has 0 aliphatic heterocycles. The smallest absolute Gasteiger partial charge is 0.134 e. The summed E-state index contributed by atoms with van der Waals surface area (Å²) in [5.74, 6) is 5.66. The van der Waals surface area contributed by atoms with E-state index in [0.29, 0.717) is 0 Å². The Bertz CT molecular complexity index is 633. The average Bonchev–Trinajstić information content (AvgIpc) is 3.05. The largest absolute Gasteiger partial charge is 0.464 e. The zero-order valence-electron chi connectivity index (χ0n) is 9.67. The van der Waals surface area contributed by atoms with Crippen molar-refractivity contribution in [2.75, 3.05) is 0 Å². The number of nitrogens with zero attached hydrogens (tertiary/aromatic N) is 1. The van der Waals surface area contributed by atoms with Crippen LogP contribution >= 0.6 is 11.3 Å². The van der Waals surface area contributed by atoms with E-state index in [4.69, 9.17) is 10.3 Å². The molecule has 3 rings (SSSR count). The number of rotatable bonds is 4. The SMILES string of the molecule is NNC(Cc1nccs1)c1coc2ccccc12. The second-order valence-corrected chi connectivity index (χ2v) is 5.02. The summed E-state index contributed by atoms with van der Waals surface area (Å²) >= 11 is 1.63. The van der Waals surface area contributed by atoms with E-state index in [-0.39, 0.29) is 6.04 Å². The number of thiazole rings is 1. The summed E-state index contributed by atoms with van der Waals surface area (Å²) in [4.78, 5) is 4.29. The van der Waals surface area contributed by atoms with E-state index < -0.39 is 0 Å². The summed E-state index contributed by atoms with van der Waals surface area (Å²) in [7, 11) is 0. The third kappa shape index (κ3) is 2.03. The first-order valence-corrected chi connectivity index (χ1v) is 6.57. The Balaban J connectivity index is 1.96. The minimum absolute atomic E-state index is 0.0137. The third-order valence-electron chi connectivity index (χ3n) is 2.95. The first-order chi connectivity index (χ1) is 8.88. The van der Waals surface area contributed by atoms with Crippen molar-refractivity contribution < 1.29 is 4.42 Å². The zero-order valence-corrected chi connectivity index (χ0v) is 10.5. The van der Waals surface area contributed by atoms with Crippen molar-refractivity contribution in [3.63, 3.8) is 0 Å². The van der Waals surface area contributed by atoms with Gasteiger partial charge in [0, 0.05) is 28.9 Å². The van der Waals surface area contributed by atoms with Gasteiger partial charge in [-0.1, -0.05) is 18.2 Å². The first kappa shape index (κ1) is 11.4. The van der Waals surface area contributed by atoms with Crippen LogP contribution in [0.1, 0.15) is 16.6 Å². The van der Waals surface area contributed by atoms with Crippen molar-refractivity contribution in [2.45, 2.75) is 12.5 Å². The molecule has 5 heteroatoms. The summed E-state index contributed by atoms with van der Waals surface area (Å²) in [6, 6.07) is 7.97.